The highest BCUT2D eigenvalue weighted by atomic mass is 19.1. The molecule has 4 N–H and O–H groups in total. The minimum atomic E-state index is -0.355. The molecule has 1 aromatic carbocycles. The number of amides is 2. The molecule has 1 saturated carbocycles. The molecule has 0 atom stereocenters. The Labute approximate surface area is 135 Å². The van der Waals surface area contributed by atoms with Gasteiger partial charge < -0.3 is 16.4 Å². The summed E-state index contributed by atoms with van der Waals surface area (Å²) in [7, 11) is 0. The Hall–Kier alpha value is -1.95. The summed E-state index contributed by atoms with van der Waals surface area (Å²) in [4.78, 5) is 23.0. The molecule has 0 unspecified atom stereocenters. The van der Waals surface area contributed by atoms with Crippen LogP contribution in [0.15, 0.2) is 24.3 Å². The predicted molar refractivity (Wildman–Crippen MR) is 86.2 cm³/mol. The standard InChI is InChI=1S/C17H24FN3O2/c18-14-6-4-13(5-7-14)17(8-2-1-3-9-17)12-21-16(23)11-20-15(22)10-19/h4-7H,1-3,8-12,19H2,(H,20,22)(H,21,23). The molecule has 1 aliphatic carbocycles. The van der Waals surface area contributed by atoms with Gasteiger partial charge >= 0.3 is 0 Å². The van der Waals surface area contributed by atoms with Crippen molar-refractivity contribution >= 4 is 11.8 Å². The molecule has 0 aliphatic heterocycles. The van der Waals surface area contributed by atoms with E-state index in [1.807, 2.05) is 12.1 Å². The smallest absolute Gasteiger partial charge is 0.239 e. The van der Waals surface area contributed by atoms with Crippen molar-refractivity contribution in [3.05, 3.63) is 35.6 Å². The average Bonchev–Trinajstić information content (AvgIpc) is 2.59. The monoisotopic (exact) mass is 321 g/mol. The molecular weight excluding hydrogens is 297 g/mol. The number of carbonyl (C=O) groups is 2. The van der Waals surface area contributed by atoms with E-state index in [9.17, 15) is 14.0 Å². The van der Waals surface area contributed by atoms with E-state index in [2.05, 4.69) is 10.6 Å². The molecule has 2 rings (SSSR count). The normalized spacial score (nSPS) is 16.6. The van der Waals surface area contributed by atoms with Gasteiger partial charge in [0, 0.05) is 12.0 Å². The van der Waals surface area contributed by atoms with Gasteiger partial charge in [0.25, 0.3) is 0 Å². The van der Waals surface area contributed by atoms with E-state index in [0.717, 1.165) is 31.2 Å². The van der Waals surface area contributed by atoms with Crippen molar-refractivity contribution in [2.45, 2.75) is 37.5 Å². The average molecular weight is 321 g/mol. The molecular formula is C17H24FN3O2. The summed E-state index contributed by atoms with van der Waals surface area (Å²) in [5.74, 6) is -0.849. The van der Waals surface area contributed by atoms with Crippen LogP contribution in [0.25, 0.3) is 0 Å². The molecule has 126 valence electrons. The third-order valence-electron chi connectivity index (χ3n) is 4.52. The van der Waals surface area contributed by atoms with Crippen LogP contribution in [0.3, 0.4) is 0 Å². The lowest BCUT2D eigenvalue weighted by atomic mass is 9.69. The zero-order valence-corrected chi connectivity index (χ0v) is 13.2. The van der Waals surface area contributed by atoms with Gasteiger partial charge in [-0.15, -0.1) is 0 Å². The quantitative estimate of drug-likeness (QED) is 0.736. The molecule has 0 saturated heterocycles. The predicted octanol–water partition coefficient (Wildman–Crippen LogP) is 1.22. The fraction of sp³-hybridized carbons (Fsp3) is 0.529. The molecule has 0 spiro atoms. The third-order valence-corrected chi connectivity index (χ3v) is 4.52. The first-order chi connectivity index (χ1) is 11.1. The van der Waals surface area contributed by atoms with Gasteiger partial charge in [0.1, 0.15) is 5.82 Å². The minimum absolute atomic E-state index is 0.0739. The van der Waals surface area contributed by atoms with Crippen LogP contribution >= 0.6 is 0 Å². The summed E-state index contributed by atoms with van der Waals surface area (Å²) in [5, 5.41) is 5.35. The van der Waals surface area contributed by atoms with Crippen molar-refractivity contribution < 1.29 is 14.0 Å². The van der Waals surface area contributed by atoms with Crippen LogP contribution in [-0.4, -0.2) is 31.4 Å². The topological polar surface area (TPSA) is 84.2 Å². The molecule has 1 aliphatic rings. The van der Waals surface area contributed by atoms with Crippen molar-refractivity contribution in [1.29, 1.82) is 0 Å². The molecule has 5 nitrogen and oxygen atoms in total. The number of nitrogens with two attached hydrogens (primary N) is 1. The Morgan fingerprint density at radius 1 is 1.04 bits per heavy atom. The highest BCUT2D eigenvalue weighted by Gasteiger charge is 2.34. The highest BCUT2D eigenvalue weighted by Crippen LogP contribution is 2.39. The SMILES string of the molecule is NCC(=O)NCC(=O)NCC1(c2ccc(F)cc2)CCCCC1. The molecule has 6 heteroatoms. The second-order valence-corrected chi connectivity index (χ2v) is 6.11. The van der Waals surface area contributed by atoms with Crippen LogP contribution in [0.5, 0.6) is 0 Å². The Kier molecular flexibility index (Phi) is 6.10. The first-order valence-electron chi connectivity index (χ1n) is 8.05. The molecule has 2 amide bonds. The Bertz CT molecular complexity index is 539. The van der Waals surface area contributed by atoms with Gasteiger partial charge in [-0.2, -0.15) is 0 Å². The van der Waals surface area contributed by atoms with E-state index in [0.29, 0.717) is 6.54 Å². The minimum Gasteiger partial charge on any atom is -0.354 e. The number of nitrogens with one attached hydrogen (secondary N) is 2. The zero-order valence-electron chi connectivity index (χ0n) is 13.2. The molecule has 0 bridgehead atoms. The van der Waals surface area contributed by atoms with Crippen molar-refractivity contribution in [2.75, 3.05) is 19.6 Å². The number of hydrogen-bond donors (Lipinski definition) is 3. The van der Waals surface area contributed by atoms with E-state index >= 15 is 0 Å². The fourth-order valence-corrected chi connectivity index (χ4v) is 3.18. The van der Waals surface area contributed by atoms with Crippen LogP contribution < -0.4 is 16.4 Å². The van der Waals surface area contributed by atoms with Crippen molar-refractivity contribution in [2.24, 2.45) is 5.73 Å². The fourth-order valence-electron chi connectivity index (χ4n) is 3.18. The van der Waals surface area contributed by atoms with Crippen LogP contribution in [-0.2, 0) is 15.0 Å². The molecule has 1 fully saturated rings. The first kappa shape index (κ1) is 17.4. The van der Waals surface area contributed by atoms with E-state index in [1.165, 1.54) is 18.6 Å². The number of benzene rings is 1. The van der Waals surface area contributed by atoms with Gasteiger partial charge in [0.2, 0.25) is 11.8 Å². The molecule has 23 heavy (non-hydrogen) atoms. The molecule has 0 heterocycles. The summed E-state index contributed by atoms with van der Waals surface area (Å²) < 4.78 is 13.2. The number of carbonyl (C=O) groups excluding carboxylic acids is 2. The summed E-state index contributed by atoms with van der Waals surface area (Å²) in [6, 6.07) is 6.55. The van der Waals surface area contributed by atoms with E-state index in [-0.39, 0.29) is 36.1 Å². The van der Waals surface area contributed by atoms with Crippen LogP contribution in [0, 0.1) is 5.82 Å². The first-order valence-corrected chi connectivity index (χ1v) is 8.05. The van der Waals surface area contributed by atoms with E-state index in [1.54, 1.807) is 0 Å². The summed E-state index contributed by atoms with van der Waals surface area (Å²) in [5.41, 5.74) is 6.09. The van der Waals surface area contributed by atoms with E-state index < -0.39 is 0 Å². The maximum Gasteiger partial charge on any atom is 0.239 e. The van der Waals surface area contributed by atoms with Crippen molar-refractivity contribution in [1.82, 2.24) is 10.6 Å². The van der Waals surface area contributed by atoms with Crippen LogP contribution in [0.2, 0.25) is 0 Å². The molecule has 1 aromatic rings. The second kappa shape index (κ2) is 8.06. The van der Waals surface area contributed by atoms with Crippen molar-refractivity contribution in [3.8, 4) is 0 Å². The van der Waals surface area contributed by atoms with Gasteiger partial charge in [-0.3, -0.25) is 9.59 Å². The number of halogens is 1. The summed E-state index contributed by atoms with van der Waals surface area (Å²) in [6.07, 6.45) is 5.31. The Balaban J connectivity index is 2.00. The van der Waals surface area contributed by atoms with Gasteiger partial charge in [0.15, 0.2) is 0 Å². The number of rotatable bonds is 6. The van der Waals surface area contributed by atoms with Gasteiger partial charge in [-0.25, -0.2) is 4.39 Å². The van der Waals surface area contributed by atoms with Crippen LogP contribution in [0.1, 0.15) is 37.7 Å². The lowest BCUT2D eigenvalue weighted by Gasteiger charge is -2.38. The summed E-state index contributed by atoms with van der Waals surface area (Å²) in [6.45, 7) is 0.290. The lowest BCUT2D eigenvalue weighted by Crippen LogP contribution is -2.46. The van der Waals surface area contributed by atoms with Crippen molar-refractivity contribution in [3.63, 3.8) is 0 Å². The Morgan fingerprint density at radius 3 is 2.30 bits per heavy atom. The van der Waals surface area contributed by atoms with Gasteiger partial charge in [-0.05, 0) is 30.5 Å². The summed E-state index contributed by atoms with van der Waals surface area (Å²) >= 11 is 0. The molecule has 0 aromatic heterocycles. The Morgan fingerprint density at radius 2 is 1.70 bits per heavy atom. The lowest BCUT2D eigenvalue weighted by molar-refractivity contribution is -0.125. The largest absolute Gasteiger partial charge is 0.354 e. The molecule has 0 radical (unpaired) electrons. The van der Waals surface area contributed by atoms with Crippen LogP contribution in [0.4, 0.5) is 4.39 Å². The highest BCUT2D eigenvalue weighted by molar-refractivity contribution is 5.85. The maximum atomic E-state index is 13.2. The van der Waals surface area contributed by atoms with E-state index in [4.69, 9.17) is 5.73 Å². The van der Waals surface area contributed by atoms with Gasteiger partial charge in [0.05, 0.1) is 13.1 Å². The second-order valence-electron chi connectivity index (χ2n) is 6.11. The van der Waals surface area contributed by atoms with Gasteiger partial charge in [-0.1, -0.05) is 31.4 Å². The zero-order chi connectivity index (χ0) is 16.7. The maximum absolute atomic E-state index is 13.2. The third kappa shape index (κ3) is 4.76. The number of hydrogen-bond acceptors (Lipinski definition) is 3.